The van der Waals surface area contributed by atoms with E-state index in [4.69, 9.17) is 14.6 Å². The maximum atomic E-state index is 11.1. The first kappa shape index (κ1) is 17.1. The van der Waals surface area contributed by atoms with Crippen molar-refractivity contribution in [1.82, 2.24) is 5.32 Å². The van der Waals surface area contributed by atoms with Gasteiger partial charge in [0.05, 0.1) is 20.3 Å². The fourth-order valence-corrected chi connectivity index (χ4v) is 3.60. The smallest absolute Gasteiger partial charge is 0.405 e. The second-order valence-electron chi connectivity index (χ2n) is 7.06. The highest BCUT2D eigenvalue weighted by Gasteiger charge is 2.39. The van der Waals surface area contributed by atoms with E-state index in [9.17, 15) is 4.79 Å². The zero-order valence-electron chi connectivity index (χ0n) is 14.9. The van der Waals surface area contributed by atoms with E-state index >= 15 is 0 Å². The maximum Gasteiger partial charge on any atom is 0.405 e. The lowest BCUT2D eigenvalue weighted by atomic mass is 9.85. The van der Waals surface area contributed by atoms with E-state index in [0.717, 1.165) is 34.6 Å². The number of benzene rings is 2. The Bertz CT molecular complexity index is 791. The molecule has 1 aliphatic carbocycles. The topological polar surface area (TPSA) is 67.8 Å². The molecular formula is C20H23NO4. The van der Waals surface area contributed by atoms with Crippen LogP contribution in [0.1, 0.15) is 31.0 Å². The molecular weight excluding hydrogens is 318 g/mol. The molecule has 3 rings (SSSR count). The second kappa shape index (κ2) is 6.31. The van der Waals surface area contributed by atoms with Crippen molar-refractivity contribution in [2.45, 2.75) is 26.3 Å². The first-order valence-electron chi connectivity index (χ1n) is 8.20. The van der Waals surface area contributed by atoms with Crippen molar-refractivity contribution in [2.75, 3.05) is 14.2 Å². The van der Waals surface area contributed by atoms with E-state index in [2.05, 4.69) is 25.2 Å². The van der Waals surface area contributed by atoms with Gasteiger partial charge in [0.25, 0.3) is 0 Å². The number of methoxy groups -OCH3 is 2. The van der Waals surface area contributed by atoms with Gasteiger partial charge in [-0.05, 0) is 46.2 Å². The average Bonchev–Trinajstić information content (AvgIpc) is 2.83. The summed E-state index contributed by atoms with van der Waals surface area (Å²) in [6.07, 6.45) is -0.171. The predicted octanol–water partition coefficient (Wildman–Crippen LogP) is 4.26. The Hall–Kier alpha value is -2.69. The van der Waals surface area contributed by atoms with Crippen molar-refractivity contribution in [2.24, 2.45) is 5.41 Å². The van der Waals surface area contributed by atoms with Crippen LogP contribution in [0.3, 0.4) is 0 Å². The Labute approximate surface area is 147 Å². The van der Waals surface area contributed by atoms with Gasteiger partial charge in [-0.25, -0.2) is 4.79 Å². The summed E-state index contributed by atoms with van der Waals surface area (Å²) in [7, 11) is 3.26. The summed E-state index contributed by atoms with van der Waals surface area (Å²) in [6.45, 7) is 4.17. The van der Waals surface area contributed by atoms with E-state index in [0.29, 0.717) is 0 Å². The molecule has 1 unspecified atom stereocenters. The lowest BCUT2D eigenvalue weighted by molar-refractivity contribution is 0.175. The SMILES string of the molecule is COc1cc(OC)cc(-c2ccc3c(c2)CC(C)(C)C3NC(=O)O)c1. The Morgan fingerprint density at radius 2 is 1.72 bits per heavy atom. The minimum atomic E-state index is -0.993. The quantitative estimate of drug-likeness (QED) is 0.872. The molecule has 0 saturated heterocycles. The van der Waals surface area contributed by atoms with Crippen LogP contribution in [0.25, 0.3) is 11.1 Å². The van der Waals surface area contributed by atoms with Gasteiger partial charge in [-0.3, -0.25) is 0 Å². The molecule has 5 heteroatoms. The third kappa shape index (κ3) is 3.27. The molecule has 0 saturated carbocycles. The molecule has 2 N–H and O–H groups in total. The molecule has 0 radical (unpaired) electrons. The van der Waals surface area contributed by atoms with Gasteiger partial charge in [0.1, 0.15) is 11.5 Å². The van der Waals surface area contributed by atoms with E-state index in [1.807, 2.05) is 30.3 Å². The van der Waals surface area contributed by atoms with Crippen molar-refractivity contribution in [3.05, 3.63) is 47.5 Å². The lowest BCUT2D eigenvalue weighted by Gasteiger charge is -2.27. The first-order valence-corrected chi connectivity index (χ1v) is 8.20. The fraction of sp³-hybridized carbons (Fsp3) is 0.350. The molecule has 2 aromatic carbocycles. The van der Waals surface area contributed by atoms with Gasteiger partial charge >= 0.3 is 6.09 Å². The number of fused-ring (bicyclic) bond motifs is 1. The van der Waals surface area contributed by atoms with Crippen LogP contribution in [0.15, 0.2) is 36.4 Å². The van der Waals surface area contributed by atoms with E-state index in [-0.39, 0.29) is 11.5 Å². The van der Waals surface area contributed by atoms with Crippen molar-refractivity contribution in [1.29, 1.82) is 0 Å². The number of rotatable bonds is 4. The highest BCUT2D eigenvalue weighted by molar-refractivity contribution is 5.70. The van der Waals surface area contributed by atoms with Gasteiger partial charge in [-0.2, -0.15) is 0 Å². The minimum absolute atomic E-state index is 0.161. The van der Waals surface area contributed by atoms with Gasteiger partial charge < -0.3 is 19.9 Å². The van der Waals surface area contributed by atoms with Crippen molar-refractivity contribution >= 4 is 6.09 Å². The molecule has 132 valence electrons. The van der Waals surface area contributed by atoms with Gasteiger partial charge in [0.15, 0.2) is 0 Å². The van der Waals surface area contributed by atoms with Crippen LogP contribution >= 0.6 is 0 Å². The van der Waals surface area contributed by atoms with Crippen molar-refractivity contribution < 1.29 is 19.4 Å². The van der Waals surface area contributed by atoms with Crippen LogP contribution in [-0.4, -0.2) is 25.4 Å². The molecule has 1 atom stereocenters. The van der Waals surface area contributed by atoms with Gasteiger partial charge in [0, 0.05) is 6.07 Å². The summed E-state index contributed by atoms with van der Waals surface area (Å²) < 4.78 is 10.7. The van der Waals surface area contributed by atoms with E-state index in [1.165, 1.54) is 5.56 Å². The lowest BCUT2D eigenvalue weighted by Crippen LogP contribution is -2.34. The molecule has 1 aliphatic rings. The Balaban J connectivity index is 2.02. The number of hydrogen-bond acceptors (Lipinski definition) is 3. The Morgan fingerprint density at radius 3 is 2.28 bits per heavy atom. The summed E-state index contributed by atoms with van der Waals surface area (Å²) in [5.74, 6) is 1.47. The Kier molecular flexibility index (Phi) is 4.33. The monoisotopic (exact) mass is 341 g/mol. The highest BCUT2D eigenvalue weighted by Crippen LogP contribution is 2.46. The van der Waals surface area contributed by atoms with E-state index in [1.54, 1.807) is 14.2 Å². The number of nitrogens with one attached hydrogen (secondary N) is 1. The molecule has 25 heavy (non-hydrogen) atoms. The molecule has 0 fully saturated rings. The molecule has 2 aromatic rings. The van der Waals surface area contributed by atoms with Gasteiger partial charge in [0.2, 0.25) is 0 Å². The number of hydrogen-bond donors (Lipinski definition) is 2. The summed E-state index contributed by atoms with van der Waals surface area (Å²) in [6, 6.07) is 11.8. The summed E-state index contributed by atoms with van der Waals surface area (Å²) in [4.78, 5) is 11.1. The molecule has 0 spiro atoms. The number of ether oxygens (including phenoxy) is 2. The molecule has 1 amide bonds. The van der Waals surface area contributed by atoms with Crippen LogP contribution in [0, 0.1) is 5.41 Å². The average molecular weight is 341 g/mol. The standard InChI is InChI=1S/C20H23NO4/c1-20(2)11-14-7-12(5-6-17(14)18(20)21-19(22)23)13-8-15(24-3)10-16(9-13)25-4/h5-10,18,21H,11H2,1-4H3,(H,22,23). The van der Waals surface area contributed by atoms with Crippen LogP contribution in [-0.2, 0) is 6.42 Å². The molecule has 0 aliphatic heterocycles. The Morgan fingerprint density at radius 1 is 1.08 bits per heavy atom. The largest absolute Gasteiger partial charge is 0.497 e. The summed E-state index contributed by atoms with van der Waals surface area (Å²) in [5, 5.41) is 11.8. The molecule has 0 aromatic heterocycles. The molecule has 0 heterocycles. The predicted molar refractivity (Wildman–Crippen MR) is 96.4 cm³/mol. The van der Waals surface area contributed by atoms with Crippen LogP contribution in [0.5, 0.6) is 11.5 Å². The van der Waals surface area contributed by atoms with Gasteiger partial charge in [-0.15, -0.1) is 0 Å². The van der Waals surface area contributed by atoms with Crippen molar-refractivity contribution in [3.8, 4) is 22.6 Å². The summed E-state index contributed by atoms with van der Waals surface area (Å²) in [5.41, 5.74) is 4.12. The molecule has 0 bridgehead atoms. The number of carboxylic acid groups (broad SMARTS) is 1. The normalized spacial score (nSPS) is 17.7. The van der Waals surface area contributed by atoms with Crippen LogP contribution < -0.4 is 14.8 Å². The highest BCUT2D eigenvalue weighted by atomic mass is 16.5. The minimum Gasteiger partial charge on any atom is -0.497 e. The van der Waals surface area contributed by atoms with Crippen molar-refractivity contribution in [3.63, 3.8) is 0 Å². The maximum absolute atomic E-state index is 11.1. The molecule has 5 nitrogen and oxygen atoms in total. The third-order valence-electron chi connectivity index (χ3n) is 4.83. The second-order valence-corrected chi connectivity index (χ2v) is 7.06. The zero-order chi connectivity index (χ0) is 18.2. The number of amides is 1. The van der Waals surface area contributed by atoms with Crippen LogP contribution in [0.4, 0.5) is 4.79 Å². The summed E-state index contributed by atoms with van der Waals surface area (Å²) >= 11 is 0. The first-order chi connectivity index (χ1) is 11.8. The zero-order valence-corrected chi connectivity index (χ0v) is 14.9. The van der Waals surface area contributed by atoms with Gasteiger partial charge in [-0.1, -0.05) is 32.0 Å². The number of carbonyl (C=O) groups is 1. The van der Waals surface area contributed by atoms with Crippen LogP contribution in [0.2, 0.25) is 0 Å². The van der Waals surface area contributed by atoms with E-state index < -0.39 is 6.09 Å². The third-order valence-corrected chi connectivity index (χ3v) is 4.83. The fourth-order valence-electron chi connectivity index (χ4n) is 3.60.